The Bertz CT molecular complexity index is 483. The summed E-state index contributed by atoms with van der Waals surface area (Å²) in [6.07, 6.45) is 0. The number of nitrogens with one attached hydrogen (secondary N) is 1. The van der Waals surface area contributed by atoms with Crippen LogP contribution in [0.5, 0.6) is 0 Å². The largest absolute Gasteiger partial charge is 0.379 e. The number of hydrogen-bond donors (Lipinski definition) is 2. The first-order valence-electron chi connectivity index (χ1n) is 6.46. The van der Waals surface area contributed by atoms with Gasteiger partial charge in [-0.15, -0.1) is 11.8 Å². The second-order valence-corrected chi connectivity index (χ2v) is 5.80. The molecule has 0 aromatic heterocycles. The molecule has 1 saturated heterocycles. The Hall–Kier alpha value is -1.29. The van der Waals surface area contributed by atoms with E-state index in [1.54, 1.807) is 0 Å². The van der Waals surface area contributed by atoms with Crippen molar-refractivity contribution in [2.75, 3.05) is 11.6 Å². The van der Waals surface area contributed by atoms with Gasteiger partial charge in [0, 0.05) is 11.6 Å². The van der Waals surface area contributed by atoms with Gasteiger partial charge in [0.05, 0.1) is 6.04 Å². The van der Waals surface area contributed by atoms with Gasteiger partial charge in [0.15, 0.2) is 0 Å². The fraction of sp³-hybridized carbons (Fsp3) is 0.250. The first-order valence-corrected chi connectivity index (χ1v) is 7.62. The van der Waals surface area contributed by atoms with Crippen molar-refractivity contribution >= 4 is 11.8 Å². The molecule has 1 fully saturated rings. The summed E-state index contributed by atoms with van der Waals surface area (Å²) in [7, 11) is 0. The third-order valence-corrected chi connectivity index (χ3v) is 4.59. The van der Waals surface area contributed by atoms with E-state index >= 15 is 0 Å². The lowest BCUT2D eigenvalue weighted by Crippen LogP contribution is -2.47. The van der Waals surface area contributed by atoms with Gasteiger partial charge in [0.1, 0.15) is 5.60 Å². The van der Waals surface area contributed by atoms with Crippen molar-refractivity contribution in [3.05, 3.63) is 71.8 Å². The predicted octanol–water partition coefficient (Wildman–Crippen LogP) is 2.58. The second-order valence-electron chi connectivity index (χ2n) is 4.77. The number of benzene rings is 2. The molecule has 0 aliphatic carbocycles. The summed E-state index contributed by atoms with van der Waals surface area (Å²) in [6, 6.07) is 19.9. The third kappa shape index (κ3) is 2.29. The van der Waals surface area contributed by atoms with Gasteiger partial charge in [0.25, 0.3) is 0 Å². The van der Waals surface area contributed by atoms with Gasteiger partial charge in [-0.25, -0.2) is 0 Å². The zero-order valence-electron chi connectivity index (χ0n) is 10.6. The van der Waals surface area contributed by atoms with Gasteiger partial charge in [-0.1, -0.05) is 60.7 Å². The quantitative estimate of drug-likeness (QED) is 0.900. The Labute approximate surface area is 117 Å². The van der Waals surface area contributed by atoms with Crippen molar-refractivity contribution in [3.63, 3.8) is 0 Å². The Morgan fingerprint density at radius 2 is 1.47 bits per heavy atom. The maximum absolute atomic E-state index is 11.4. The summed E-state index contributed by atoms with van der Waals surface area (Å²) in [5, 5.41) is 14.8. The van der Waals surface area contributed by atoms with Gasteiger partial charge in [-0.3, -0.25) is 0 Å². The summed E-state index contributed by atoms with van der Waals surface area (Å²) in [5.74, 6) is 1.81. The van der Waals surface area contributed by atoms with Crippen LogP contribution in [0.4, 0.5) is 0 Å². The van der Waals surface area contributed by atoms with Gasteiger partial charge in [0.2, 0.25) is 0 Å². The van der Waals surface area contributed by atoms with Gasteiger partial charge in [-0.05, 0) is 11.1 Å². The molecule has 0 saturated carbocycles. The van der Waals surface area contributed by atoms with Crippen molar-refractivity contribution in [1.82, 2.24) is 5.32 Å². The summed E-state index contributed by atoms with van der Waals surface area (Å²) >= 11 is 1.83. The highest BCUT2D eigenvalue weighted by Gasteiger charge is 2.41. The zero-order valence-corrected chi connectivity index (χ0v) is 11.4. The first kappa shape index (κ1) is 12.7. The maximum atomic E-state index is 11.4. The number of thioether (sulfide) groups is 1. The molecule has 19 heavy (non-hydrogen) atoms. The van der Waals surface area contributed by atoms with E-state index in [2.05, 4.69) is 5.32 Å². The Morgan fingerprint density at radius 1 is 0.947 bits per heavy atom. The molecule has 0 radical (unpaired) electrons. The lowest BCUT2D eigenvalue weighted by Gasteiger charge is -2.35. The normalized spacial score (nSPS) is 19.5. The number of rotatable bonds is 3. The van der Waals surface area contributed by atoms with Crippen LogP contribution in [-0.4, -0.2) is 22.8 Å². The van der Waals surface area contributed by atoms with Crippen molar-refractivity contribution in [2.24, 2.45) is 0 Å². The van der Waals surface area contributed by atoms with Crippen molar-refractivity contribution in [3.8, 4) is 0 Å². The van der Waals surface area contributed by atoms with E-state index in [1.807, 2.05) is 72.4 Å². The number of aliphatic hydroxyl groups is 1. The van der Waals surface area contributed by atoms with E-state index in [4.69, 9.17) is 0 Å². The summed E-state index contributed by atoms with van der Waals surface area (Å²) in [4.78, 5) is 0. The molecule has 3 rings (SSSR count). The number of hydrogen-bond acceptors (Lipinski definition) is 3. The van der Waals surface area contributed by atoms with Crippen LogP contribution in [0.2, 0.25) is 0 Å². The smallest absolute Gasteiger partial charge is 0.131 e. The van der Waals surface area contributed by atoms with Gasteiger partial charge in [-0.2, -0.15) is 0 Å². The molecule has 2 N–H and O–H groups in total. The molecule has 2 nitrogen and oxygen atoms in total. The summed E-state index contributed by atoms with van der Waals surface area (Å²) < 4.78 is 0. The summed E-state index contributed by atoms with van der Waals surface area (Å²) in [6.45, 7) is 0. The topological polar surface area (TPSA) is 32.3 Å². The Kier molecular flexibility index (Phi) is 3.60. The van der Waals surface area contributed by atoms with Crippen LogP contribution in [-0.2, 0) is 5.60 Å². The third-order valence-electron chi connectivity index (χ3n) is 3.65. The summed E-state index contributed by atoms with van der Waals surface area (Å²) in [5.41, 5.74) is 0.925. The van der Waals surface area contributed by atoms with Crippen LogP contribution in [0.1, 0.15) is 11.1 Å². The molecule has 98 valence electrons. The molecule has 1 aliphatic rings. The van der Waals surface area contributed by atoms with E-state index in [1.165, 1.54) is 0 Å². The van der Waals surface area contributed by atoms with Crippen LogP contribution < -0.4 is 5.32 Å². The average Bonchev–Trinajstić information content (AvgIpc) is 3.03. The van der Waals surface area contributed by atoms with Crippen molar-refractivity contribution in [1.29, 1.82) is 0 Å². The van der Waals surface area contributed by atoms with E-state index < -0.39 is 5.60 Å². The highest BCUT2D eigenvalue weighted by Crippen LogP contribution is 2.36. The van der Waals surface area contributed by atoms with E-state index in [0.717, 1.165) is 22.8 Å². The molecule has 0 unspecified atom stereocenters. The van der Waals surface area contributed by atoms with Crippen LogP contribution >= 0.6 is 11.8 Å². The molecule has 0 amide bonds. The Balaban J connectivity index is 2.10. The highest BCUT2D eigenvalue weighted by atomic mass is 32.2. The van der Waals surface area contributed by atoms with Crippen LogP contribution in [0.3, 0.4) is 0 Å². The predicted molar refractivity (Wildman–Crippen MR) is 80.1 cm³/mol. The molecule has 1 aliphatic heterocycles. The standard InChI is InChI=1S/C16H17NOS/c18-16(15-11-19-12-17-15,13-7-3-1-4-8-13)14-9-5-2-6-10-14/h1-10,15,17-18H,11-12H2/t15-/m0/s1. The average molecular weight is 271 g/mol. The second kappa shape index (κ2) is 5.37. The van der Waals surface area contributed by atoms with E-state index in [-0.39, 0.29) is 6.04 Å². The fourth-order valence-corrected chi connectivity index (χ4v) is 3.65. The molecule has 0 bridgehead atoms. The maximum Gasteiger partial charge on any atom is 0.131 e. The van der Waals surface area contributed by atoms with Crippen LogP contribution in [0.25, 0.3) is 0 Å². The molecular weight excluding hydrogens is 254 g/mol. The molecule has 2 aromatic rings. The molecule has 1 atom stereocenters. The minimum Gasteiger partial charge on any atom is -0.379 e. The van der Waals surface area contributed by atoms with E-state index in [0.29, 0.717) is 0 Å². The molecule has 1 heterocycles. The minimum atomic E-state index is -0.966. The SMILES string of the molecule is OC(c1ccccc1)(c1ccccc1)[C@@H]1CSCN1. The molecule has 2 aromatic carbocycles. The van der Waals surface area contributed by atoms with Gasteiger partial charge >= 0.3 is 0 Å². The van der Waals surface area contributed by atoms with Crippen molar-refractivity contribution < 1.29 is 5.11 Å². The lowest BCUT2D eigenvalue weighted by atomic mass is 9.81. The van der Waals surface area contributed by atoms with Crippen LogP contribution in [0, 0.1) is 0 Å². The molecule has 3 heteroatoms. The Morgan fingerprint density at radius 3 is 1.89 bits per heavy atom. The monoisotopic (exact) mass is 271 g/mol. The molecular formula is C16H17NOS. The first-order chi connectivity index (χ1) is 9.32. The molecule has 0 spiro atoms. The highest BCUT2D eigenvalue weighted by molar-refractivity contribution is 7.99. The van der Waals surface area contributed by atoms with E-state index in [9.17, 15) is 5.11 Å². The fourth-order valence-electron chi connectivity index (χ4n) is 2.62. The van der Waals surface area contributed by atoms with Gasteiger partial charge < -0.3 is 10.4 Å². The zero-order chi connectivity index (χ0) is 13.1. The van der Waals surface area contributed by atoms with Crippen LogP contribution in [0.15, 0.2) is 60.7 Å². The van der Waals surface area contributed by atoms with Crippen molar-refractivity contribution in [2.45, 2.75) is 11.6 Å². The lowest BCUT2D eigenvalue weighted by molar-refractivity contribution is 0.0500. The minimum absolute atomic E-state index is 0.0438.